The second-order valence-corrected chi connectivity index (χ2v) is 16.1. The Labute approximate surface area is 335 Å². The Balaban J connectivity index is 1.91. The number of aromatic nitrogens is 1. The molecule has 0 saturated carbocycles. The maximum atomic E-state index is 14.7. The Morgan fingerprint density at radius 3 is 2.38 bits per heavy atom. The highest BCUT2D eigenvalue weighted by molar-refractivity contribution is 7.09. The van der Waals surface area contributed by atoms with Crippen LogP contribution in [0.3, 0.4) is 0 Å². The van der Waals surface area contributed by atoms with E-state index in [0.717, 1.165) is 36.3 Å². The van der Waals surface area contributed by atoms with Gasteiger partial charge in [0.05, 0.1) is 18.6 Å². The lowest BCUT2D eigenvalue weighted by atomic mass is 9.92. The van der Waals surface area contributed by atoms with Gasteiger partial charge in [0.25, 0.3) is 5.91 Å². The molecule has 2 aromatic rings. The normalized spacial score (nSPS) is 17.8. The van der Waals surface area contributed by atoms with E-state index in [9.17, 15) is 34.2 Å². The summed E-state index contributed by atoms with van der Waals surface area (Å²) in [4.78, 5) is 74.3. The Morgan fingerprint density at radius 1 is 1.09 bits per heavy atom. The number of rotatable bonds is 22. The summed E-state index contributed by atoms with van der Waals surface area (Å²) >= 11 is 1.13. The van der Waals surface area contributed by atoms with E-state index in [2.05, 4.69) is 22.2 Å². The summed E-state index contributed by atoms with van der Waals surface area (Å²) in [6.07, 6.45) is 4.54. The molecule has 15 heteroatoms. The number of phenols is 1. The zero-order chi connectivity index (χ0) is 41.5. The Bertz CT molecular complexity index is 1620. The second-order valence-electron chi connectivity index (χ2n) is 15.2. The number of carbonyl (C=O) groups is 5. The van der Waals surface area contributed by atoms with Gasteiger partial charge in [0.2, 0.25) is 11.8 Å². The van der Waals surface area contributed by atoms with Crippen LogP contribution in [0.4, 0.5) is 0 Å². The van der Waals surface area contributed by atoms with Gasteiger partial charge in [-0.2, -0.15) is 0 Å². The van der Waals surface area contributed by atoms with Crippen LogP contribution in [-0.4, -0.2) is 106 Å². The molecule has 3 amide bonds. The van der Waals surface area contributed by atoms with Crippen molar-refractivity contribution in [1.29, 1.82) is 0 Å². The first-order valence-electron chi connectivity index (χ1n) is 19.5. The number of phenolic OH excluding ortho intramolecular Hbond substituents is 1. The van der Waals surface area contributed by atoms with Crippen molar-refractivity contribution in [3.8, 4) is 5.75 Å². The number of likely N-dealkylation sites (tertiary alicyclic amines) is 1. The number of aromatic hydroxyl groups is 1. The molecular weight excluding hydrogens is 739 g/mol. The van der Waals surface area contributed by atoms with Crippen LogP contribution in [0.5, 0.6) is 5.75 Å². The molecule has 0 spiro atoms. The second kappa shape index (κ2) is 22.4. The molecular formula is C41H61N5O9S. The zero-order valence-electron chi connectivity index (χ0n) is 33.9. The molecule has 1 aromatic heterocycles. The van der Waals surface area contributed by atoms with E-state index in [1.807, 2.05) is 39.6 Å². The molecule has 0 radical (unpaired) electrons. The highest BCUT2D eigenvalue weighted by atomic mass is 32.1. The van der Waals surface area contributed by atoms with E-state index in [-0.39, 0.29) is 67.3 Å². The van der Waals surface area contributed by atoms with Gasteiger partial charge in [0.15, 0.2) is 6.10 Å². The molecule has 0 aliphatic carbocycles. The molecule has 1 aliphatic rings. The van der Waals surface area contributed by atoms with E-state index >= 15 is 0 Å². The third kappa shape index (κ3) is 13.7. The molecule has 1 fully saturated rings. The number of amides is 3. The maximum absolute atomic E-state index is 14.7. The number of esters is 1. The molecule has 1 aromatic carbocycles. The van der Waals surface area contributed by atoms with Gasteiger partial charge in [-0.25, -0.2) is 4.98 Å². The summed E-state index contributed by atoms with van der Waals surface area (Å²) in [5, 5.41) is 27.2. The molecule has 1 unspecified atom stereocenters. The first kappa shape index (κ1) is 46.0. The van der Waals surface area contributed by atoms with Crippen molar-refractivity contribution in [1.82, 2.24) is 25.4 Å². The largest absolute Gasteiger partial charge is 0.508 e. The molecule has 1 aliphatic heterocycles. The number of carboxylic acid groups (broad SMARTS) is 1. The number of carboxylic acids is 1. The third-order valence-corrected chi connectivity index (χ3v) is 11.3. The van der Waals surface area contributed by atoms with Crippen LogP contribution in [-0.2, 0) is 35.1 Å². The Hall–Kier alpha value is -4.34. The SMILES string of the molecule is C=CCOCN(C(=O)[C@@H](NC(=O)[C@H]1CCCCN1C)C(C)CC)[C@H](C[C@@H](OC(C)=O)c1nc(C(=O)N[C@@H](Cc2ccc(O)cc2)C[C@H](C)C(=O)O)cs1)C(C)C. The average molecular weight is 800 g/mol. The smallest absolute Gasteiger partial charge is 0.306 e. The summed E-state index contributed by atoms with van der Waals surface area (Å²) in [7, 11) is 1.92. The lowest BCUT2D eigenvalue weighted by Gasteiger charge is -2.39. The molecule has 14 nitrogen and oxygen atoms in total. The fraction of sp³-hybridized carbons (Fsp3) is 0.610. The summed E-state index contributed by atoms with van der Waals surface area (Å²) < 4.78 is 11.7. The van der Waals surface area contributed by atoms with Crippen molar-refractivity contribution in [2.24, 2.45) is 17.8 Å². The van der Waals surface area contributed by atoms with Crippen LogP contribution in [0.1, 0.15) is 107 Å². The highest BCUT2D eigenvalue weighted by Crippen LogP contribution is 2.32. The molecule has 56 heavy (non-hydrogen) atoms. The monoisotopic (exact) mass is 799 g/mol. The minimum Gasteiger partial charge on any atom is -0.508 e. The van der Waals surface area contributed by atoms with E-state index in [0.29, 0.717) is 24.3 Å². The summed E-state index contributed by atoms with van der Waals surface area (Å²) in [5.41, 5.74) is 0.864. The molecule has 1 saturated heterocycles. The van der Waals surface area contributed by atoms with E-state index < -0.39 is 48.0 Å². The number of nitrogens with zero attached hydrogens (tertiary/aromatic N) is 3. The van der Waals surface area contributed by atoms with Gasteiger partial charge < -0.3 is 35.2 Å². The quantitative estimate of drug-likeness (QED) is 0.0523. The minimum atomic E-state index is -0.994. The van der Waals surface area contributed by atoms with E-state index in [1.54, 1.807) is 35.4 Å². The van der Waals surface area contributed by atoms with Crippen LogP contribution in [0.2, 0.25) is 0 Å². The molecule has 4 N–H and O–H groups in total. The van der Waals surface area contributed by atoms with Crippen molar-refractivity contribution in [3.05, 3.63) is 58.6 Å². The number of carbonyl (C=O) groups excluding carboxylic acids is 4. The van der Waals surface area contributed by atoms with Crippen molar-refractivity contribution in [3.63, 3.8) is 0 Å². The predicted octanol–water partition coefficient (Wildman–Crippen LogP) is 5.32. The lowest BCUT2D eigenvalue weighted by molar-refractivity contribution is -0.153. The molecule has 310 valence electrons. The fourth-order valence-corrected chi connectivity index (χ4v) is 7.73. The predicted molar refractivity (Wildman–Crippen MR) is 214 cm³/mol. The Kier molecular flexibility index (Phi) is 18.4. The van der Waals surface area contributed by atoms with Crippen LogP contribution in [0.25, 0.3) is 0 Å². The standard InChI is InChI=1S/C41H61N5O9S/c1-9-19-54-24-46(40(51)36(26(5)10-2)44-38(50)33-13-11-12-18-45(33)8)34(25(3)4)22-35(55-28(7)47)39-43-32(23-56-39)37(49)42-30(20-27(6)41(52)53)21-29-14-16-31(48)17-15-29/h9,14-17,23,25-27,30,33-36,48H,1,10-13,18-22,24H2,2-8H3,(H,42,49)(H,44,50)(H,52,53)/t26?,27-,30+,33+,34+,35+,36-/m0/s1. The fourth-order valence-electron chi connectivity index (χ4n) is 6.89. The highest BCUT2D eigenvalue weighted by Gasteiger charge is 2.39. The number of likely N-dealkylation sites (N-methyl/N-ethyl adjacent to an activating group) is 1. The number of nitrogens with one attached hydrogen (secondary N) is 2. The van der Waals surface area contributed by atoms with Crippen LogP contribution >= 0.6 is 11.3 Å². The van der Waals surface area contributed by atoms with Crippen LogP contribution in [0, 0.1) is 17.8 Å². The number of piperidine rings is 1. The van der Waals surface area contributed by atoms with Crippen molar-refractivity contribution < 1.29 is 43.7 Å². The van der Waals surface area contributed by atoms with Gasteiger partial charge in [-0.05, 0) is 68.8 Å². The van der Waals surface area contributed by atoms with Gasteiger partial charge in [0.1, 0.15) is 29.2 Å². The van der Waals surface area contributed by atoms with E-state index in [1.165, 1.54) is 19.1 Å². The molecule has 2 heterocycles. The van der Waals surface area contributed by atoms with Crippen LogP contribution < -0.4 is 10.6 Å². The average Bonchev–Trinajstić information content (AvgIpc) is 3.65. The number of ether oxygens (including phenoxy) is 2. The van der Waals surface area contributed by atoms with Crippen molar-refractivity contribution in [2.45, 2.75) is 117 Å². The number of hydrogen-bond donors (Lipinski definition) is 4. The first-order valence-corrected chi connectivity index (χ1v) is 20.4. The van der Waals surface area contributed by atoms with Gasteiger partial charge in [0, 0.05) is 30.8 Å². The Morgan fingerprint density at radius 2 is 1.79 bits per heavy atom. The zero-order valence-corrected chi connectivity index (χ0v) is 34.7. The summed E-state index contributed by atoms with van der Waals surface area (Å²) in [6.45, 7) is 15.3. The van der Waals surface area contributed by atoms with Gasteiger partial charge in [-0.1, -0.05) is 65.7 Å². The van der Waals surface area contributed by atoms with Crippen LogP contribution in [0.15, 0.2) is 42.3 Å². The molecule has 7 atom stereocenters. The van der Waals surface area contributed by atoms with Gasteiger partial charge in [-0.3, -0.25) is 28.9 Å². The lowest BCUT2D eigenvalue weighted by Crippen LogP contribution is -2.59. The number of benzene rings is 1. The maximum Gasteiger partial charge on any atom is 0.306 e. The summed E-state index contributed by atoms with van der Waals surface area (Å²) in [5.74, 6) is -3.61. The van der Waals surface area contributed by atoms with Gasteiger partial charge >= 0.3 is 11.9 Å². The topological polar surface area (TPSA) is 188 Å². The van der Waals surface area contributed by atoms with E-state index in [4.69, 9.17) is 9.47 Å². The third-order valence-electron chi connectivity index (χ3n) is 10.4. The first-order chi connectivity index (χ1) is 26.6. The number of hydrogen-bond acceptors (Lipinski definition) is 11. The summed E-state index contributed by atoms with van der Waals surface area (Å²) in [6, 6.07) is 4.19. The van der Waals surface area contributed by atoms with Crippen molar-refractivity contribution >= 4 is 41.0 Å². The number of thiazole rings is 1. The van der Waals surface area contributed by atoms with Gasteiger partial charge in [-0.15, -0.1) is 17.9 Å². The molecule has 3 rings (SSSR count). The van der Waals surface area contributed by atoms with Crippen molar-refractivity contribution in [2.75, 3.05) is 26.9 Å². The number of aliphatic carboxylic acids is 1. The molecule has 0 bridgehead atoms. The minimum absolute atomic E-state index is 0.0661.